The molecule has 0 saturated carbocycles. The molecule has 1 heterocycles. The lowest BCUT2D eigenvalue weighted by Crippen LogP contribution is -2.23. The van der Waals surface area contributed by atoms with Crippen LogP contribution in [0.25, 0.3) is 0 Å². The van der Waals surface area contributed by atoms with Gasteiger partial charge in [0.1, 0.15) is 5.03 Å². The molecule has 4 nitrogen and oxygen atoms in total. The van der Waals surface area contributed by atoms with Crippen LogP contribution in [0.2, 0.25) is 0 Å². The third-order valence-electron chi connectivity index (χ3n) is 1.28. The van der Waals surface area contributed by atoms with Crippen LogP contribution in [0, 0.1) is 6.92 Å². The van der Waals surface area contributed by atoms with Gasteiger partial charge in [-0.1, -0.05) is 0 Å². The maximum atomic E-state index is 10.9. The Labute approximate surface area is 68.6 Å². The summed E-state index contributed by atoms with van der Waals surface area (Å²) in [7, 11) is 1.59. The van der Waals surface area contributed by atoms with Gasteiger partial charge in [0.05, 0.1) is 5.69 Å². The highest BCUT2D eigenvalue weighted by molar-refractivity contribution is 7.98. The van der Waals surface area contributed by atoms with Crippen molar-refractivity contribution >= 4 is 11.8 Å². The molecule has 0 spiro atoms. The first-order valence-corrected chi connectivity index (χ1v) is 4.33. The first-order chi connectivity index (χ1) is 5.15. The smallest absolute Gasteiger partial charge is 0.244 e. The Morgan fingerprint density at radius 3 is 2.73 bits per heavy atom. The SMILES string of the molecule is CSc1nc(=O)n(C)nc1C. The number of thioether (sulfide) groups is 1. The summed E-state index contributed by atoms with van der Waals surface area (Å²) in [5.41, 5.74) is 0.486. The molecule has 11 heavy (non-hydrogen) atoms. The minimum Gasteiger partial charge on any atom is -0.244 e. The largest absolute Gasteiger partial charge is 0.364 e. The van der Waals surface area contributed by atoms with Crippen LogP contribution in [0.3, 0.4) is 0 Å². The second-order valence-corrected chi connectivity index (χ2v) is 2.91. The minimum absolute atomic E-state index is 0.306. The fraction of sp³-hybridized carbons (Fsp3) is 0.500. The lowest BCUT2D eigenvalue weighted by molar-refractivity contribution is 0.634. The molecule has 1 aromatic rings. The van der Waals surface area contributed by atoms with Crippen molar-refractivity contribution in [1.29, 1.82) is 0 Å². The monoisotopic (exact) mass is 171 g/mol. The molecule has 0 aliphatic heterocycles. The van der Waals surface area contributed by atoms with Crippen LogP contribution in [0.5, 0.6) is 0 Å². The van der Waals surface area contributed by atoms with E-state index >= 15 is 0 Å². The van der Waals surface area contributed by atoms with E-state index in [1.165, 1.54) is 16.4 Å². The highest BCUT2D eigenvalue weighted by Gasteiger charge is 2.01. The van der Waals surface area contributed by atoms with E-state index in [4.69, 9.17) is 0 Å². The zero-order valence-corrected chi connectivity index (χ0v) is 7.47. The first kappa shape index (κ1) is 8.26. The van der Waals surface area contributed by atoms with Crippen molar-refractivity contribution in [2.45, 2.75) is 11.9 Å². The van der Waals surface area contributed by atoms with E-state index in [0.717, 1.165) is 5.69 Å². The Kier molecular flexibility index (Phi) is 2.28. The Morgan fingerprint density at radius 1 is 1.55 bits per heavy atom. The Balaban J connectivity index is 3.32. The van der Waals surface area contributed by atoms with E-state index in [0.29, 0.717) is 5.03 Å². The van der Waals surface area contributed by atoms with Gasteiger partial charge in [0.15, 0.2) is 0 Å². The van der Waals surface area contributed by atoms with E-state index < -0.39 is 0 Å². The molecule has 1 aromatic heterocycles. The molecule has 0 atom stereocenters. The second-order valence-electron chi connectivity index (χ2n) is 2.11. The van der Waals surface area contributed by atoms with Gasteiger partial charge in [-0.2, -0.15) is 10.1 Å². The maximum Gasteiger partial charge on any atom is 0.364 e. The van der Waals surface area contributed by atoms with Gasteiger partial charge in [0.2, 0.25) is 0 Å². The number of nitrogens with zero attached hydrogens (tertiary/aromatic N) is 3. The average molecular weight is 171 g/mol. The molecular weight excluding hydrogens is 162 g/mol. The number of hydrogen-bond donors (Lipinski definition) is 0. The summed E-state index contributed by atoms with van der Waals surface area (Å²) in [4.78, 5) is 14.7. The Bertz CT molecular complexity index is 320. The van der Waals surface area contributed by atoms with Gasteiger partial charge in [-0.05, 0) is 13.2 Å². The van der Waals surface area contributed by atoms with Crippen LogP contribution in [0.4, 0.5) is 0 Å². The molecule has 5 heteroatoms. The van der Waals surface area contributed by atoms with Gasteiger partial charge >= 0.3 is 5.69 Å². The summed E-state index contributed by atoms with van der Waals surface area (Å²) in [6, 6.07) is 0. The molecule has 0 N–H and O–H groups in total. The molecule has 0 unspecified atom stereocenters. The predicted octanol–water partition coefficient (Wildman–Crippen LogP) is 0.206. The molecule has 0 aliphatic carbocycles. The molecule has 0 saturated heterocycles. The molecule has 0 bridgehead atoms. The van der Waals surface area contributed by atoms with Crippen molar-refractivity contribution < 1.29 is 0 Å². The third-order valence-corrected chi connectivity index (χ3v) is 2.05. The normalized spacial score (nSPS) is 10.1. The van der Waals surface area contributed by atoms with Gasteiger partial charge in [-0.3, -0.25) is 0 Å². The number of aryl methyl sites for hydroxylation is 2. The van der Waals surface area contributed by atoms with Crippen molar-refractivity contribution in [2.24, 2.45) is 7.05 Å². The van der Waals surface area contributed by atoms with Gasteiger partial charge in [0, 0.05) is 7.05 Å². The summed E-state index contributed by atoms with van der Waals surface area (Å²) in [6.45, 7) is 1.83. The highest BCUT2D eigenvalue weighted by Crippen LogP contribution is 2.10. The number of aromatic nitrogens is 3. The minimum atomic E-state index is -0.306. The van der Waals surface area contributed by atoms with Crippen molar-refractivity contribution in [3.8, 4) is 0 Å². The standard InChI is InChI=1S/C6H9N3OS/c1-4-5(11-3)7-6(10)9(2)8-4/h1-3H3. The molecule has 0 amide bonds. The van der Waals surface area contributed by atoms with Crippen LogP contribution in [0.15, 0.2) is 9.82 Å². The van der Waals surface area contributed by atoms with Crippen molar-refractivity contribution in [2.75, 3.05) is 6.26 Å². The molecule has 1 rings (SSSR count). The molecular formula is C6H9N3OS. The van der Waals surface area contributed by atoms with Gasteiger partial charge < -0.3 is 0 Å². The van der Waals surface area contributed by atoms with Crippen LogP contribution in [-0.2, 0) is 7.05 Å². The van der Waals surface area contributed by atoms with Crippen LogP contribution in [-0.4, -0.2) is 21.0 Å². The fourth-order valence-corrected chi connectivity index (χ4v) is 1.25. The molecule has 0 aromatic carbocycles. The molecule has 0 radical (unpaired) electrons. The van der Waals surface area contributed by atoms with Crippen molar-refractivity contribution in [3.05, 3.63) is 16.2 Å². The van der Waals surface area contributed by atoms with E-state index in [2.05, 4.69) is 10.1 Å². The summed E-state index contributed by atoms with van der Waals surface area (Å²) in [6.07, 6.45) is 1.87. The van der Waals surface area contributed by atoms with Gasteiger partial charge in [-0.25, -0.2) is 9.48 Å². The number of rotatable bonds is 1. The summed E-state index contributed by atoms with van der Waals surface area (Å²) in [5.74, 6) is 0. The summed E-state index contributed by atoms with van der Waals surface area (Å²) >= 11 is 1.43. The van der Waals surface area contributed by atoms with Crippen LogP contribution >= 0.6 is 11.8 Å². The van der Waals surface area contributed by atoms with Gasteiger partial charge in [-0.15, -0.1) is 11.8 Å². The Morgan fingerprint density at radius 2 is 2.18 bits per heavy atom. The predicted molar refractivity (Wildman–Crippen MR) is 43.8 cm³/mol. The van der Waals surface area contributed by atoms with Crippen LogP contribution < -0.4 is 5.69 Å². The Hall–Kier alpha value is -0.840. The van der Waals surface area contributed by atoms with E-state index in [9.17, 15) is 4.79 Å². The zero-order valence-electron chi connectivity index (χ0n) is 6.66. The van der Waals surface area contributed by atoms with Crippen LogP contribution in [0.1, 0.15) is 5.69 Å². The quantitative estimate of drug-likeness (QED) is 0.566. The fourth-order valence-electron chi connectivity index (χ4n) is 0.744. The number of hydrogen-bond acceptors (Lipinski definition) is 4. The van der Waals surface area contributed by atoms with E-state index in [-0.39, 0.29) is 5.69 Å². The highest BCUT2D eigenvalue weighted by atomic mass is 32.2. The first-order valence-electron chi connectivity index (χ1n) is 3.11. The van der Waals surface area contributed by atoms with Crippen molar-refractivity contribution in [1.82, 2.24) is 14.8 Å². The molecule has 0 aliphatic rings. The lowest BCUT2D eigenvalue weighted by Gasteiger charge is -2.00. The maximum absolute atomic E-state index is 10.9. The summed E-state index contributed by atoms with van der Waals surface area (Å²) in [5, 5.41) is 4.67. The van der Waals surface area contributed by atoms with E-state index in [1.54, 1.807) is 7.05 Å². The van der Waals surface area contributed by atoms with Gasteiger partial charge in [0.25, 0.3) is 0 Å². The van der Waals surface area contributed by atoms with E-state index in [1.807, 2.05) is 13.2 Å². The molecule has 0 fully saturated rings. The third kappa shape index (κ3) is 1.59. The zero-order chi connectivity index (χ0) is 8.43. The lowest BCUT2D eigenvalue weighted by atomic mass is 10.5. The second kappa shape index (κ2) is 3.04. The topological polar surface area (TPSA) is 47.8 Å². The molecule has 60 valence electrons. The average Bonchev–Trinajstić information content (AvgIpc) is 1.97. The summed E-state index contributed by atoms with van der Waals surface area (Å²) < 4.78 is 1.23. The van der Waals surface area contributed by atoms with Crippen molar-refractivity contribution in [3.63, 3.8) is 0 Å².